The summed E-state index contributed by atoms with van der Waals surface area (Å²) in [6.07, 6.45) is 3.95. The van der Waals surface area contributed by atoms with Gasteiger partial charge in [0.25, 0.3) is 11.8 Å². The van der Waals surface area contributed by atoms with E-state index in [9.17, 15) is 19.5 Å². The second kappa shape index (κ2) is 6.93. The van der Waals surface area contributed by atoms with E-state index in [-0.39, 0.29) is 11.5 Å². The number of carbonyl (C=O) groups is 3. The Morgan fingerprint density at radius 1 is 1.14 bits per heavy atom. The lowest BCUT2D eigenvalue weighted by Crippen LogP contribution is -2.41. The molecule has 0 fully saturated rings. The van der Waals surface area contributed by atoms with Crippen LogP contribution in [0.2, 0.25) is 0 Å². The molecule has 8 heteroatoms. The van der Waals surface area contributed by atoms with Crippen LogP contribution in [-0.4, -0.2) is 24.3 Å². The van der Waals surface area contributed by atoms with Crippen molar-refractivity contribution in [2.24, 2.45) is 0 Å². The number of hydrogen-bond donors (Lipinski definition) is 2. The van der Waals surface area contributed by atoms with E-state index in [0.717, 1.165) is 0 Å². The average molecular weight is 303 g/mol. The maximum absolute atomic E-state index is 11.9. The van der Waals surface area contributed by atoms with E-state index in [4.69, 9.17) is 8.83 Å². The third-order valence-electron chi connectivity index (χ3n) is 2.46. The average Bonchev–Trinajstić information content (AvgIpc) is 3.16. The van der Waals surface area contributed by atoms with Gasteiger partial charge in [-0.15, -0.1) is 0 Å². The Balaban J connectivity index is 2.16. The van der Waals surface area contributed by atoms with E-state index in [0.29, 0.717) is 5.76 Å². The smallest absolute Gasteiger partial charge is 0.291 e. The van der Waals surface area contributed by atoms with Crippen LogP contribution in [0.15, 0.2) is 51.3 Å². The monoisotopic (exact) mass is 303 g/mol. The molecule has 2 N–H and O–H groups in total. The molecule has 0 saturated carbocycles. The Hall–Kier alpha value is -3.29. The summed E-state index contributed by atoms with van der Waals surface area (Å²) in [6.45, 7) is -0.690. The Morgan fingerprint density at radius 3 is 2.45 bits per heavy atom. The normalized spacial score (nSPS) is 11.0. The highest BCUT2D eigenvalue weighted by atomic mass is 16.4. The number of carbonyl (C=O) groups excluding carboxylic acids is 3. The molecule has 0 aliphatic heterocycles. The molecule has 0 saturated heterocycles. The lowest BCUT2D eigenvalue weighted by Gasteiger charge is -2.10. The van der Waals surface area contributed by atoms with Crippen molar-refractivity contribution in [1.82, 2.24) is 10.6 Å². The van der Waals surface area contributed by atoms with Gasteiger partial charge in [0.1, 0.15) is 11.5 Å². The van der Waals surface area contributed by atoms with E-state index in [1.54, 1.807) is 12.1 Å². The van der Waals surface area contributed by atoms with Crippen LogP contribution in [0.5, 0.6) is 0 Å². The van der Waals surface area contributed by atoms with Crippen molar-refractivity contribution < 1.29 is 28.3 Å². The highest BCUT2D eigenvalue weighted by molar-refractivity contribution is 6.04. The van der Waals surface area contributed by atoms with Gasteiger partial charge in [-0.25, -0.2) is 0 Å². The predicted octanol–water partition coefficient (Wildman–Crippen LogP) is -0.490. The van der Waals surface area contributed by atoms with Crippen molar-refractivity contribution in [1.29, 1.82) is 0 Å². The quantitative estimate of drug-likeness (QED) is 0.694. The van der Waals surface area contributed by atoms with Crippen LogP contribution < -0.4 is 15.7 Å². The molecule has 0 aromatic carbocycles. The van der Waals surface area contributed by atoms with Gasteiger partial charge in [-0.2, -0.15) is 0 Å². The maximum atomic E-state index is 11.9. The van der Waals surface area contributed by atoms with Gasteiger partial charge in [-0.05, 0) is 24.3 Å². The van der Waals surface area contributed by atoms with Crippen LogP contribution in [0.4, 0.5) is 0 Å². The molecule has 2 amide bonds. The minimum absolute atomic E-state index is 0.00181. The van der Waals surface area contributed by atoms with Crippen LogP contribution in [-0.2, 0) is 9.59 Å². The minimum atomic E-state index is -1.46. The van der Waals surface area contributed by atoms with Gasteiger partial charge in [-0.3, -0.25) is 9.59 Å². The summed E-state index contributed by atoms with van der Waals surface area (Å²) < 4.78 is 9.96. The van der Waals surface area contributed by atoms with Gasteiger partial charge in [0.2, 0.25) is 0 Å². The van der Waals surface area contributed by atoms with Crippen molar-refractivity contribution >= 4 is 23.9 Å². The molecule has 2 aromatic heterocycles. The lowest BCUT2D eigenvalue weighted by molar-refractivity contribution is -0.303. The van der Waals surface area contributed by atoms with E-state index in [1.165, 1.54) is 30.7 Å². The van der Waals surface area contributed by atoms with E-state index in [2.05, 4.69) is 10.6 Å². The Bertz CT molecular complexity index is 685. The number of amides is 2. The first-order valence-electron chi connectivity index (χ1n) is 6.14. The molecular weight excluding hydrogens is 292 g/mol. The van der Waals surface area contributed by atoms with Crippen LogP contribution in [0.3, 0.4) is 0 Å². The first-order valence-corrected chi connectivity index (χ1v) is 6.14. The summed E-state index contributed by atoms with van der Waals surface area (Å²) >= 11 is 0. The van der Waals surface area contributed by atoms with E-state index in [1.807, 2.05) is 0 Å². The zero-order chi connectivity index (χ0) is 15.9. The lowest BCUT2D eigenvalue weighted by atomic mass is 10.3. The standard InChI is InChI=1S/C14H12N2O6/c17-12(18)8-15-13(19)10(7-9-3-1-5-21-9)16-14(20)11-4-2-6-22-11/h1-7H,8H2,(H,15,19)(H,16,20)(H,17,18)/p-1/b10-7+. The fraction of sp³-hybridized carbons (Fsp3) is 0.0714. The Kier molecular flexibility index (Phi) is 4.76. The number of nitrogens with one attached hydrogen (secondary N) is 2. The van der Waals surface area contributed by atoms with Crippen LogP contribution in [0.1, 0.15) is 16.3 Å². The topological polar surface area (TPSA) is 125 Å². The summed E-state index contributed by atoms with van der Waals surface area (Å²) in [7, 11) is 0. The van der Waals surface area contributed by atoms with Gasteiger partial charge in [0.05, 0.1) is 25.0 Å². The van der Waals surface area contributed by atoms with Crippen LogP contribution in [0, 0.1) is 0 Å². The number of carboxylic acids is 1. The second-order valence-corrected chi connectivity index (χ2v) is 4.06. The van der Waals surface area contributed by atoms with Gasteiger partial charge < -0.3 is 29.4 Å². The molecule has 0 atom stereocenters. The molecule has 2 heterocycles. The molecule has 0 aliphatic rings. The van der Waals surface area contributed by atoms with Gasteiger partial charge in [-0.1, -0.05) is 0 Å². The van der Waals surface area contributed by atoms with E-state index < -0.39 is 24.3 Å². The third-order valence-corrected chi connectivity index (χ3v) is 2.46. The third kappa shape index (κ3) is 4.10. The number of aliphatic carboxylic acids is 1. The fourth-order valence-corrected chi connectivity index (χ4v) is 1.51. The van der Waals surface area contributed by atoms with Gasteiger partial charge >= 0.3 is 0 Å². The molecule has 22 heavy (non-hydrogen) atoms. The van der Waals surface area contributed by atoms with Crippen molar-refractivity contribution in [3.8, 4) is 0 Å². The molecule has 2 rings (SSSR count). The summed E-state index contributed by atoms with van der Waals surface area (Å²) in [6, 6.07) is 6.09. The predicted molar refractivity (Wildman–Crippen MR) is 70.9 cm³/mol. The van der Waals surface area contributed by atoms with Gasteiger partial charge in [0, 0.05) is 6.08 Å². The second-order valence-electron chi connectivity index (χ2n) is 4.06. The molecule has 0 aliphatic carbocycles. The maximum Gasteiger partial charge on any atom is 0.291 e. The van der Waals surface area contributed by atoms with Crippen molar-refractivity contribution in [3.63, 3.8) is 0 Å². The number of furan rings is 2. The number of hydrogen-bond acceptors (Lipinski definition) is 6. The van der Waals surface area contributed by atoms with Gasteiger partial charge in [0.15, 0.2) is 5.76 Å². The fourth-order valence-electron chi connectivity index (χ4n) is 1.51. The molecule has 0 radical (unpaired) electrons. The van der Waals surface area contributed by atoms with E-state index >= 15 is 0 Å². The largest absolute Gasteiger partial charge is 0.548 e. The zero-order valence-electron chi connectivity index (χ0n) is 11.2. The molecule has 114 valence electrons. The Labute approximate surface area is 124 Å². The summed E-state index contributed by atoms with van der Waals surface area (Å²) in [5.74, 6) is -2.62. The molecule has 0 bridgehead atoms. The van der Waals surface area contributed by atoms with Crippen molar-refractivity contribution in [3.05, 3.63) is 54.0 Å². The molecule has 0 spiro atoms. The molecule has 8 nitrogen and oxygen atoms in total. The zero-order valence-corrected chi connectivity index (χ0v) is 11.2. The number of rotatable bonds is 6. The highest BCUT2D eigenvalue weighted by Crippen LogP contribution is 2.08. The number of carboxylic acid groups (broad SMARTS) is 1. The molecule has 0 unspecified atom stereocenters. The van der Waals surface area contributed by atoms with Crippen molar-refractivity contribution in [2.45, 2.75) is 0 Å². The SMILES string of the molecule is O=C([O-])CNC(=O)/C(=C\c1ccco1)NC(=O)c1ccco1. The summed E-state index contributed by atoms with van der Waals surface area (Å²) in [4.78, 5) is 34.2. The molecular formula is C14H11N2O6-. The first kappa shape index (κ1) is 15.1. The summed E-state index contributed by atoms with van der Waals surface area (Å²) in [5, 5.41) is 14.8. The van der Waals surface area contributed by atoms with Crippen molar-refractivity contribution in [2.75, 3.05) is 6.54 Å². The van der Waals surface area contributed by atoms with Crippen LogP contribution >= 0.6 is 0 Å². The molecule has 2 aromatic rings. The minimum Gasteiger partial charge on any atom is -0.548 e. The Morgan fingerprint density at radius 2 is 1.86 bits per heavy atom. The summed E-state index contributed by atoms with van der Waals surface area (Å²) in [5.41, 5.74) is -0.197. The first-order chi connectivity index (χ1) is 10.6. The highest BCUT2D eigenvalue weighted by Gasteiger charge is 2.16. The van der Waals surface area contributed by atoms with Crippen LogP contribution in [0.25, 0.3) is 6.08 Å².